The maximum Gasteiger partial charge on any atom is 0.292 e. The number of nitro groups is 1. The lowest BCUT2D eigenvalue weighted by Gasteiger charge is -2.24. The number of benzene rings is 2. The molecule has 1 aromatic heterocycles. The van der Waals surface area contributed by atoms with E-state index in [1.807, 2.05) is 24.3 Å². The Morgan fingerprint density at radius 3 is 2.71 bits per heavy atom. The Balaban J connectivity index is 1.97. The van der Waals surface area contributed by atoms with Crippen LogP contribution in [0.25, 0.3) is 10.1 Å². The molecule has 1 aliphatic rings. The van der Waals surface area contributed by atoms with E-state index < -0.39 is 10.8 Å². The third-order valence-corrected chi connectivity index (χ3v) is 5.95. The van der Waals surface area contributed by atoms with Gasteiger partial charge in [-0.25, -0.2) is 0 Å². The van der Waals surface area contributed by atoms with E-state index in [-0.39, 0.29) is 17.1 Å². The molecule has 28 heavy (non-hydrogen) atoms. The van der Waals surface area contributed by atoms with Gasteiger partial charge in [0.25, 0.3) is 5.69 Å². The van der Waals surface area contributed by atoms with Crippen molar-refractivity contribution in [2.45, 2.75) is 5.92 Å². The van der Waals surface area contributed by atoms with Crippen molar-refractivity contribution in [3.63, 3.8) is 0 Å². The molecule has 4 rings (SSSR count). The van der Waals surface area contributed by atoms with E-state index in [4.69, 9.17) is 10.5 Å². The fourth-order valence-electron chi connectivity index (χ4n) is 3.46. The molecular formula is C20H16N4O3S. The van der Waals surface area contributed by atoms with Gasteiger partial charge in [-0.15, -0.1) is 11.3 Å². The normalized spacial score (nSPS) is 15.7. The first-order valence-electron chi connectivity index (χ1n) is 8.47. The molecule has 0 bridgehead atoms. The van der Waals surface area contributed by atoms with E-state index in [0.717, 1.165) is 15.0 Å². The topological polar surface area (TPSA) is 105 Å². The number of thiophene rings is 1. The lowest BCUT2D eigenvalue weighted by Crippen LogP contribution is -2.20. The van der Waals surface area contributed by atoms with Crippen LogP contribution in [0.3, 0.4) is 0 Å². The monoisotopic (exact) mass is 392 g/mol. The number of fused-ring (bicyclic) bond motifs is 3. The zero-order chi connectivity index (χ0) is 20.0. The van der Waals surface area contributed by atoms with Gasteiger partial charge >= 0.3 is 0 Å². The first kappa shape index (κ1) is 17.8. The van der Waals surface area contributed by atoms with E-state index in [9.17, 15) is 15.4 Å². The van der Waals surface area contributed by atoms with Crippen LogP contribution in [-0.2, 0) is 0 Å². The average molecular weight is 392 g/mol. The van der Waals surface area contributed by atoms with Crippen LogP contribution >= 0.6 is 11.3 Å². The first-order chi connectivity index (χ1) is 13.4. The van der Waals surface area contributed by atoms with Crippen molar-refractivity contribution >= 4 is 32.8 Å². The van der Waals surface area contributed by atoms with Gasteiger partial charge in [0.05, 0.1) is 15.7 Å². The van der Waals surface area contributed by atoms with Crippen LogP contribution in [-0.4, -0.2) is 19.0 Å². The molecule has 0 spiro atoms. The Hall–Kier alpha value is -3.57. The van der Waals surface area contributed by atoms with Crippen molar-refractivity contribution in [2.24, 2.45) is 5.73 Å². The van der Waals surface area contributed by atoms with Gasteiger partial charge in [0.15, 0.2) is 5.75 Å². The van der Waals surface area contributed by atoms with Gasteiger partial charge in [-0.05, 0) is 23.8 Å². The van der Waals surface area contributed by atoms with Crippen LogP contribution in [0.5, 0.6) is 5.75 Å². The number of nitrogens with two attached hydrogens (primary N) is 1. The van der Waals surface area contributed by atoms with E-state index in [1.165, 1.54) is 17.4 Å². The minimum absolute atomic E-state index is 0.0208. The Kier molecular flexibility index (Phi) is 4.17. The maximum absolute atomic E-state index is 11.6. The van der Waals surface area contributed by atoms with Crippen molar-refractivity contribution < 1.29 is 9.66 Å². The van der Waals surface area contributed by atoms with E-state index in [1.54, 1.807) is 31.1 Å². The fourth-order valence-corrected chi connectivity index (χ4v) is 4.73. The van der Waals surface area contributed by atoms with Gasteiger partial charge in [-0.1, -0.05) is 18.2 Å². The van der Waals surface area contributed by atoms with Crippen LogP contribution in [0, 0.1) is 21.4 Å². The largest absolute Gasteiger partial charge is 0.439 e. The van der Waals surface area contributed by atoms with Crippen molar-refractivity contribution in [1.29, 1.82) is 5.26 Å². The summed E-state index contributed by atoms with van der Waals surface area (Å²) in [6.07, 6.45) is 0. The second kappa shape index (κ2) is 6.55. The molecule has 0 fully saturated rings. The zero-order valence-electron chi connectivity index (χ0n) is 15.2. The quantitative estimate of drug-likeness (QED) is 0.531. The smallest absolute Gasteiger partial charge is 0.292 e. The molecule has 0 unspecified atom stereocenters. The minimum Gasteiger partial charge on any atom is -0.439 e. The average Bonchev–Trinajstić information content (AvgIpc) is 3.04. The van der Waals surface area contributed by atoms with Gasteiger partial charge in [0.2, 0.25) is 5.88 Å². The van der Waals surface area contributed by atoms with E-state index >= 15 is 0 Å². The summed E-state index contributed by atoms with van der Waals surface area (Å²) in [4.78, 5) is 13.7. The number of hydrogen-bond donors (Lipinski definition) is 1. The number of nitrogens with zero attached hydrogens (tertiary/aromatic N) is 3. The number of nitro benzene ring substituents is 1. The highest BCUT2D eigenvalue weighted by molar-refractivity contribution is 7.19. The molecule has 140 valence electrons. The summed E-state index contributed by atoms with van der Waals surface area (Å²) in [5.74, 6) is 0.130. The van der Waals surface area contributed by atoms with Crippen LogP contribution in [0.15, 0.2) is 53.9 Å². The van der Waals surface area contributed by atoms with Crippen LogP contribution < -0.4 is 15.4 Å². The minimum atomic E-state index is -0.513. The Bertz CT molecular complexity index is 1190. The summed E-state index contributed by atoms with van der Waals surface area (Å²) < 4.78 is 6.79. The number of allylic oxidation sites excluding steroid dienone is 1. The number of anilines is 1. The maximum atomic E-state index is 11.6. The summed E-state index contributed by atoms with van der Waals surface area (Å²) in [6, 6.07) is 14.9. The molecule has 7 nitrogen and oxygen atoms in total. The van der Waals surface area contributed by atoms with Crippen molar-refractivity contribution in [1.82, 2.24) is 0 Å². The van der Waals surface area contributed by atoms with Crippen LogP contribution in [0.1, 0.15) is 16.4 Å². The fraction of sp³-hybridized carbons (Fsp3) is 0.150. The van der Waals surface area contributed by atoms with Gasteiger partial charge in [-0.3, -0.25) is 10.1 Å². The SMILES string of the molecule is CN(C)c1ccc([C@H]2C(C#N)=C(N)Oc3c2sc2ccccc32)cc1[N+](=O)[O-]. The molecule has 1 aliphatic heterocycles. The number of nitriles is 1. The second-order valence-corrected chi connectivity index (χ2v) is 7.70. The molecule has 2 aromatic carbocycles. The molecule has 0 amide bonds. The number of hydrogen-bond acceptors (Lipinski definition) is 7. The first-order valence-corrected chi connectivity index (χ1v) is 9.28. The number of rotatable bonds is 3. The predicted octanol–water partition coefficient (Wildman–Crippen LogP) is 4.09. The molecule has 2 heterocycles. The molecule has 1 atom stereocenters. The Labute approximate surface area is 165 Å². The van der Waals surface area contributed by atoms with Crippen LogP contribution in [0.4, 0.5) is 11.4 Å². The highest BCUT2D eigenvalue weighted by atomic mass is 32.1. The summed E-state index contributed by atoms with van der Waals surface area (Å²) in [5, 5.41) is 22.2. The van der Waals surface area contributed by atoms with Crippen LogP contribution in [0.2, 0.25) is 0 Å². The summed E-state index contributed by atoms with van der Waals surface area (Å²) >= 11 is 1.50. The third kappa shape index (κ3) is 2.64. The molecule has 0 saturated carbocycles. The second-order valence-electron chi connectivity index (χ2n) is 6.62. The van der Waals surface area contributed by atoms with Gasteiger partial charge in [-0.2, -0.15) is 5.26 Å². The molecule has 0 aliphatic carbocycles. The lowest BCUT2D eigenvalue weighted by molar-refractivity contribution is -0.384. The molecule has 0 radical (unpaired) electrons. The standard InChI is InChI=1S/C20H16N4O3S/c1-23(2)14-8-7-11(9-15(14)24(25)26)17-13(10-21)20(22)27-18-12-5-3-4-6-16(12)28-19(17)18/h3-9,17H,22H2,1-2H3/t17-/m0/s1. The zero-order valence-corrected chi connectivity index (χ0v) is 16.0. The molecular weight excluding hydrogens is 376 g/mol. The summed E-state index contributed by atoms with van der Waals surface area (Å²) in [7, 11) is 3.50. The Morgan fingerprint density at radius 2 is 2.04 bits per heavy atom. The predicted molar refractivity (Wildman–Crippen MR) is 109 cm³/mol. The lowest BCUT2D eigenvalue weighted by atomic mass is 9.88. The van der Waals surface area contributed by atoms with Crippen molar-refractivity contribution in [3.05, 3.63) is 74.5 Å². The van der Waals surface area contributed by atoms with Crippen molar-refractivity contribution in [3.8, 4) is 11.8 Å². The van der Waals surface area contributed by atoms with Gasteiger partial charge < -0.3 is 15.4 Å². The molecule has 0 saturated heterocycles. The van der Waals surface area contributed by atoms with E-state index in [2.05, 4.69) is 6.07 Å². The van der Waals surface area contributed by atoms with E-state index in [0.29, 0.717) is 17.0 Å². The third-order valence-electron chi connectivity index (χ3n) is 4.74. The summed E-state index contributed by atoms with van der Waals surface area (Å²) in [6.45, 7) is 0. The highest BCUT2D eigenvalue weighted by Crippen LogP contribution is 2.50. The molecule has 8 heteroatoms. The summed E-state index contributed by atoms with van der Waals surface area (Å²) in [5.41, 5.74) is 7.42. The van der Waals surface area contributed by atoms with Crippen molar-refractivity contribution in [2.75, 3.05) is 19.0 Å². The highest BCUT2D eigenvalue weighted by Gasteiger charge is 2.35. The number of ether oxygens (including phenoxy) is 1. The molecule has 2 N–H and O–H groups in total. The van der Waals surface area contributed by atoms with Gasteiger partial charge in [0.1, 0.15) is 17.3 Å². The Morgan fingerprint density at radius 1 is 1.29 bits per heavy atom. The molecule has 3 aromatic rings. The van der Waals surface area contributed by atoms with Gasteiger partial charge in [0, 0.05) is 30.2 Å².